The quantitative estimate of drug-likeness (QED) is 0.187. The van der Waals surface area contributed by atoms with Crippen LogP contribution < -0.4 is 4.57 Å². The molecule has 1 rings (SSSR count). The normalized spacial score (nSPS) is 15.3. The van der Waals surface area contributed by atoms with Gasteiger partial charge in [-0.05, 0) is 0 Å². The first-order valence-electron chi connectivity index (χ1n) is 7.26. The number of hydrogen-bond donors (Lipinski definition) is 0. The average molecular weight is 491 g/mol. The second kappa shape index (κ2) is 7.71. The highest BCUT2D eigenvalue weighted by molar-refractivity contribution is 7.98. The number of halogens is 6. The highest BCUT2D eigenvalue weighted by Gasteiger charge is 2.72. The Kier molecular flexibility index (Phi) is 6.60. The molecule has 1 aromatic heterocycles. The minimum Gasteiger partial charge on any atom is -0.465 e. The standard InChI is InChI=1S/C12H15F6N3O7S2/c1-10(9(22)28-4,20-6-5-19(2)7-20)8(27-3)21(29(23,24)11(13,14)15)30(25,26)12(16,17)18/h5-7H,1-4H3/q+2. The van der Waals surface area contributed by atoms with Crippen molar-refractivity contribution in [3.63, 3.8) is 0 Å². The SMILES string of the molecule is COC(=O)C(C)(C(OC)=[N+](S(=O)(=O)C(F)(F)F)S(=O)(=O)C(F)(F)F)n1cc[n+](C)c1. The van der Waals surface area contributed by atoms with Gasteiger partial charge in [0, 0.05) is 6.92 Å². The summed E-state index contributed by atoms with van der Waals surface area (Å²) in [4.78, 5) is 12.4. The van der Waals surface area contributed by atoms with Crippen molar-refractivity contribution in [2.75, 3.05) is 14.2 Å². The lowest BCUT2D eigenvalue weighted by Gasteiger charge is -2.22. The third kappa shape index (κ3) is 3.96. The molecule has 0 spiro atoms. The number of aryl methyl sites for hydroxylation is 1. The molecule has 172 valence electrons. The third-order valence-corrected chi connectivity index (χ3v) is 7.22. The summed E-state index contributed by atoms with van der Waals surface area (Å²) >= 11 is 0. The van der Waals surface area contributed by atoms with E-state index in [4.69, 9.17) is 0 Å². The second-order valence-electron chi connectivity index (χ2n) is 5.66. The third-order valence-electron chi connectivity index (χ3n) is 3.67. The van der Waals surface area contributed by atoms with E-state index in [0.29, 0.717) is 25.7 Å². The summed E-state index contributed by atoms with van der Waals surface area (Å²) in [6.07, 6.45) is 3.01. The first kappa shape index (κ1) is 25.7. The summed E-state index contributed by atoms with van der Waals surface area (Å²) in [7, 11) is -12.2. The Labute approximate surface area is 166 Å². The summed E-state index contributed by atoms with van der Waals surface area (Å²) in [5.41, 5.74) is -16.0. The van der Waals surface area contributed by atoms with Crippen LogP contribution in [0, 0.1) is 0 Å². The maximum absolute atomic E-state index is 13.1. The van der Waals surface area contributed by atoms with Crippen LogP contribution >= 0.6 is 0 Å². The Morgan fingerprint density at radius 1 is 0.967 bits per heavy atom. The van der Waals surface area contributed by atoms with Gasteiger partial charge in [-0.25, -0.2) is 13.9 Å². The van der Waals surface area contributed by atoms with Crippen LogP contribution in [0.25, 0.3) is 0 Å². The van der Waals surface area contributed by atoms with Gasteiger partial charge in [0.2, 0.25) is 6.33 Å². The predicted octanol–water partition coefficient (Wildman–Crippen LogP) is -0.0426. The van der Waals surface area contributed by atoms with Crippen molar-refractivity contribution in [1.82, 2.24) is 4.57 Å². The highest BCUT2D eigenvalue weighted by Crippen LogP contribution is 2.35. The Morgan fingerprint density at radius 2 is 1.40 bits per heavy atom. The molecular weight excluding hydrogens is 476 g/mol. The topological polar surface area (TPSA) is 116 Å². The van der Waals surface area contributed by atoms with E-state index >= 15 is 0 Å². The van der Waals surface area contributed by atoms with E-state index in [1.54, 1.807) is 0 Å². The number of aromatic nitrogens is 2. The highest BCUT2D eigenvalue weighted by atomic mass is 32.3. The Balaban J connectivity index is 4.37. The maximum atomic E-state index is 13.1. The number of ether oxygens (including phenoxy) is 2. The fraction of sp³-hybridized carbons (Fsp3) is 0.583. The Hall–Kier alpha value is -2.37. The number of carbonyl (C=O) groups excluding carboxylic acids is 1. The van der Waals surface area contributed by atoms with Gasteiger partial charge in [0.25, 0.3) is 0 Å². The molecular formula is C12H15F6N3O7S2+2. The fourth-order valence-corrected chi connectivity index (χ4v) is 5.06. The van der Waals surface area contributed by atoms with Crippen molar-refractivity contribution in [2.45, 2.75) is 23.5 Å². The molecule has 0 aliphatic rings. The smallest absolute Gasteiger partial charge is 0.465 e. The summed E-state index contributed by atoms with van der Waals surface area (Å²) in [6, 6.07) is 0. The Bertz CT molecular complexity index is 1030. The van der Waals surface area contributed by atoms with Crippen LogP contribution in [0.1, 0.15) is 6.92 Å². The number of hydrogen-bond acceptors (Lipinski definition) is 7. The predicted molar refractivity (Wildman–Crippen MR) is 83.5 cm³/mol. The molecule has 1 atom stereocenters. The number of imidazole rings is 1. The molecule has 0 radical (unpaired) electrons. The van der Waals surface area contributed by atoms with Gasteiger partial charge in [-0.15, -0.1) is 0 Å². The molecule has 30 heavy (non-hydrogen) atoms. The van der Waals surface area contributed by atoms with E-state index in [0.717, 1.165) is 23.3 Å². The van der Waals surface area contributed by atoms with Crippen LogP contribution in [0.4, 0.5) is 26.3 Å². The van der Waals surface area contributed by atoms with Gasteiger partial charge in [0.05, 0.1) is 24.7 Å². The lowest BCUT2D eigenvalue weighted by molar-refractivity contribution is -0.671. The van der Waals surface area contributed by atoms with Crippen molar-refractivity contribution < 1.29 is 65.4 Å². The molecule has 0 bridgehead atoms. The average Bonchev–Trinajstić information content (AvgIpc) is 3.02. The summed E-state index contributed by atoms with van der Waals surface area (Å²) < 4.78 is 135. The first-order chi connectivity index (χ1) is 13.3. The minimum atomic E-state index is -7.28. The van der Waals surface area contributed by atoms with E-state index < -0.39 is 51.9 Å². The number of rotatable bonds is 5. The number of methoxy groups -OCH3 is 2. The van der Waals surface area contributed by atoms with E-state index in [1.165, 1.54) is 7.05 Å². The maximum Gasteiger partial charge on any atom is 0.561 e. The second-order valence-corrected chi connectivity index (χ2v) is 9.45. The van der Waals surface area contributed by atoms with Gasteiger partial charge in [-0.2, -0.15) is 43.2 Å². The summed E-state index contributed by atoms with van der Waals surface area (Å²) in [5, 5.41) is 0. The molecule has 1 heterocycles. The van der Waals surface area contributed by atoms with Crippen LogP contribution in [0.3, 0.4) is 0 Å². The molecule has 1 aromatic rings. The molecule has 1 unspecified atom stereocenters. The molecule has 0 aliphatic heterocycles. The van der Waals surface area contributed by atoms with Crippen molar-refractivity contribution in [3.05, 3.63) is 18.7 Å². The largest absolute Gasteiger partial charge is 0.561 e. The molecule has 0 saturated heterocycles. The monoisotopic (exact) mass is 491 g/mol. The molecule has 0 amide bonds. The number of carbonyl (C=O) groups is 1. The van der Waals surface area contributed by atoms with Gasteiger partial charge in [0.1, 0.15) is 12.4 Å². The van der Waals surface area contributed by atoms with Gasteiger partial charge in [-0.1, -0.05) is 0 Å². The van der Waals surface area contributed by atoms with Crippen LogP contribution in [0.2, 0.25) is 0 Å². The van der Waals surface area contributed by atoms with Gasteiger partial charge in [0.15, 0.2) is 0 Å². The Morgan fingerprint density at radius 3 is 1.67 bits per heavy atom. The van der Waals surface area contributed by atoms with Crippen LogP contribution in [-0.4, -0.2) is 61.9 Å². The molecule has 0 saturated carbocycles. The van der Waals surface area contributed by atoms with E-state index in [1.807, 2.05) is 0 Å². The zero-order valence-electron chi connectivity index (χ0n) is 15.5. The van der Waals surface area contributed by atoms with Crippen molar-refractivity contribution in [2.24, 2.45) is 7.05 Å². The van der Waals surface area contributed by atoms with Gasteiger partial charge >= 0.3 is 48.5 Å². The number of sulfonamides is 2. The zero-order chi connectivity index (χ0) is 23.9. The molecule has 0 N–H and O–H groups in total. The molecule has 0 aromatic carbocycles. The van der Waals surface area contributed by atoms with Crippen molar-refractivity contribution in [1.29, 1.82) is 0 Å². The van der Waals surface area contributed by atoms with E-state index in [9.17, 15) is 48.0 Å². The van der Waals surface area contributed by atoms with E-state index in [-0.39, 0.29) is 0 Å². The van der Waals surface area contributed by atoms with Crippen molar-refractivity contribution in [3.8, 4) is 0 Å². The van der Waals surface area contributed by atoms with Crippen molar-refractivity contribution >= 4 is 31.9 Å². The minimum absolute atomic E-state index is 0.380. The summed E-state index contributed by atoms with van der Waals surface area (Å²) in [6.45, 7) is 0.600. The van der Waals surface area contributed by atoms with Crippen LogP contribution in [0.5, 0.6) is 0 Å². The number of nitrogens with zero attached hydrogens (tertiary/aromatic N) is 3. The first-order valence-corrected chi connectivity index (χ1v) is 10.1. The zero-order valence-corrected chi connectivity index (χ0v) is 17.1. The number of esters is 1. The van der Waals surface area contributed by atoms with Crippen LogP contribution in [0.15, 0.2) is 18.7 Å². The van der Waals surface area contributed by atoms with Gasteiger partial charge in [-0.3, -0.25) is 0 Å². The molecule has 0 aliphatic carbocycles. The number of alkyl halides is 6. The molecule has 0 fully saturated rings. The molecule has 18 heteroatoms. The van der Waals surface area contributed by atoms with E-state index in [2.05, 4.69) is 9.47 Å². The fourth-order valence-electron chi connectivity index (χ4n) is 2.20. The molecule has 10 nitrogen and oxygen atoms in total. The summed E-state index contributed by atoms with van der Waals surface area (Å²) in [5.74, 6) is -3.70. The lowest BCUT2D eigenvalue weighted by Crippen LogP contribution is -2.56. The lowest BCUT2D eigenvalue weighted by atomic mass is 10.0. The van der Waals surface area contributed by atoms with Crippen LogP contribution in [-0.2, 0) is 46.9 Å². The van der Waals surface area contributed by atoms with Gasteiger partial charge < -0.3 is 9.47 Å².